The Labute approximate surface area is 323 Å². The topological polar surface area (TPSA) is 26.2 Å². The van der Waals surface area contributed by atoms with E-state index in [1.165, 1.54) is 94.0 Å². The Morgan fingerprint density at radius 3 is 1.89 bits per heavy atom. The van der Waals surface area contributed by atoms with Gasteiger partial charge in [0.05, 0.1) is 27.8 Å². The minimum atomic E-state index is -0.112. The van der Waals surface area contributed by atoms with Crippen LogP contribution >= 0.6 is 0 Å². The van der Waals surface area contributed by atoms with Gasteiger partial charge in [-0.15, -0.1) is 0 Å². The van der Waals surface area contributed by atoms with Crippen molar-refractivity contribution >= 4 is 83.7 Å². The quantitative estimate of drug-likeness (QED) is 0.170. The molecule has 0 fully saturated rings. The minimum absolute atomic E-state index is 0.112. The van der Waals surface area contributed by atoms with E-state index < -0.39 is 0 Å². The van der Waals surface area contributed by atoms with Crippen LogP contribution in [0.2, 0.25) is 0 Å². The number of fused-ring (bicyclic) bond motifs is 12. The second-order valence-corrected chi connectivity index (χ2v) is 15.4. The lowest BCUT2D eigenvalue weighted by atomic mass is 9.44. The minimum Gasteiger partial charge on any atom is -0.456 e. The molecule has 11 aromatic rings. The largest absolute Gasteiger partial charge is 0.456 e. The van der Waals surface area contributed by atoms with Crippen molar-refractivity contribution in [2.45, 2.75) is 6.92 Å². The number of nitrogens with zero attached hydrogens (tertiary/aromatic N) is 3. The number of para-hydroxylation sites is 4. The van der Waals surface area contributed by atoms with Crippen LogP contribution in [-0.4, -0.2) is 16.0 Å². The van der Waals surface area contributed by atoms with Crippen LogP contribution in [0.4, 0.5) is 11.4 Å². The molecule has 2 aliphatic rings. The van der Waals surface area contributed by atoms with Gasteiger partial charge in [-0.05, 0) is 84.1 Å². The maximum atomic E-state index is 6.74. The lowest BCUT2D eigenvalue weighted by Gasteiger charge is -2.42. The van der Waals surface area contributed by atoms with E-state index in [0.717, 1.165) is 22.3 Å². The van der Waals surface area contributed by atoms with E-state index in [1.807, 2.05) is 0 Å². The van der Waals surface area contributed by atoms with E-state index >= 15 is 0 Å². The smallest absolute Gasteiger partial charge is 0.333 e. The van der Waals surface area contributed by atoms with Gasteiger partial charge in [0.2, 0.25) is 0 Å². The number of hydrogen-bond acceptors (Lipinski definition) is 2. The second-order valence-electron chi connectivity index (χ2n) is 15.4. The first-order chi connectivity index (χ1) is 27.7. The monoisotopic (exact) mass is 713 g/mol. The molecule has 0 radical (unpaired) electrons. The van der Waals surface area contributed by atoms with Crippen molar-refractivity contribution in [1.82, 2.24) is 9.13 Å². The first-order valence-corrected chi connectivity index (χ1v) is 19.4. The molecule has 5 heterocycles. The molecule has 0 unspecified atom stereocenters. The Morgan fingerprint density at radius 1 is 0.500 bits per heavy atom. The number of hydrogen-bond donors (Lipinski definition) is 0. The molecule has 0 saturated heterocycles. The second kappa shape index (κ2) is 10.9. The van der Waals surface area contributed by atoms with Crippen LogP contribution in [0.25, 0.3) is 88.4 Å². The van der Waals surface area contributed by atoms with Crippen LogP contribution < -0.4 is 15.7 Å². The van der Waals surface area contributed by atoms with Crippen molar-refractivity contribution in [2.75, 3.05) is 4.81 Å². The molecular formula is C51H32BN3O. The van der Waals surface area contributed by atoms with E-state index in [1.54, 1.807) is 0 Å². The van der Waals surface area contributed by atoms with Gasteiger partial charge in [0.25, 0.3) is 0 Å². The van der Waals surface area contributed by atoms with E-state index in [9.17, 15) is 0 Å². The SMILES string of the molecule is Cc1ccc(N2B3c4cc5oc(-c6ccccc6)cc5cc4-n4c5ccccc5c5c(-n6c7ccccc7c7ccccc76)cc(c3c54)-c3ccccc32)cc1. The fourth-order valence-corrected chi connectivity index (χ4v) is 9.99. The molecule has 56 heavy (non-hydrogen) atoms. The fraction of sp³-hybridized carbons (Fsp3) is 0.0196. The van der Waals surface area contributed by atoms with Crippen LogP contribution in [0.1, 0.15) is 5.56 Å². The molecular weight excluding hydrogens is 681 g/mol. The molecule has 3 aromatic heterocycles. The van der Waals surface area contributed by atoms with Crippen molar-refractivity contribution < 1.29 is 4.42 Å². The van der Waals surface area contributed by atoms with Gasteiger partial charge in [0.15, 0.2) is 0 Å². The third kappa shape index (κ3) is 3.89. The molecule has 0 atom stereocenters. The summed E-state index contributed by atoms with van der Waals surface area (Å²) in [6.07, 6.45) is 0. The van der Waals surface area contributed by atoms with Gasteiger partial charge >= 0.3 is 6.85 Å². The van der Waals surface area contributed by atoms with E-state index in [0.29, 0.717) is 0 Å². The molecule has 8 aromatic carbocycles. The number of aromatic nitrogens is 2. The van der Waals surface area contributed by atoms with Crippen molar-refractivity contribution in [3.8, 4) is 33.8 Å². The summed E-state index contributed by atoms with van der Waals surface area (Å²) in [6, 6.07) is 64.5. The van der Waals surface area contributed by atoms with Gasteiger partial charge in [-0.3, -0.25) is 0 Å². The highest BCUT2D eigenvalue weighted by atomic mass is 16.3. The van der Waals surface area contributed by atoms with Crippen LogP contribution in [0, 0.1) is 6.92 Å². The zero-order valence-electron chi connectivity index (χ0n) is 30.6. The van der Waals surface area contributed by atoms with Gasteiger partial charge in [0, 0.05) is 55.1 Å². The lowest BCUT2D eigenvalue weighted by Crippen LogP contribution is -2.60. The Bertz CT molecular complexity index is 3390. The van der Waals surface area contributed by atoms with Crippen LogP contribution in [-0.2, 0) is 0 Å². The summed E-state index contributed by atoms with van der Waals surface area (Å²) in [6.45, 7) is 2.05. The number of anilines is 2. The van der Waals surface area contributed by atoms with Crippen molar-refractivity contribution in [3.05, 3.63) is 181 Å². The van der Waals surface area contributed by atoms with Gasteiger partial charge < -0.3 is 18.4 Å². The highest BCUT2D eigenvalue weighted by molar-refractivity contribution is 6.94. The fourth-order valence-electron chi connectivity index (χ4n) is 9.99. The number of benzene rings is 8. The third-order valence-electron chi connectivity index (χ3n) is 12.3. The molecule has 0 spiro atoms. The maximum absolute atomic E-state index is 6.74. The molecule has 0 N–H and O–H groups in total. The first-order valence-electron chi connectivity index (χ1n) is 19.4. The predicted octanol–water partition coefficient (Wildman–Crippen LogP) is 11.8. The van der Waals surface area contributed by atoms with Crippen LogP contribution in [0.15, 0.2) is 180 Å². The predicted molar refractivity (Wildman–Crippen MR) is 234 cm³/mol. The van der Waals surface area contributed by atoms with E-state index in [-0.39, 0.29) is 6.85 Å². The number of aryl methyl sites for hydroxylation is 1. The zero-order valence-corrected chi connectivity index (χ0v) is 30.6. The van der Waals surface area contributed by atoms with Gasteiger partial charge in [-0.2, -0.15) is 0 Å². The van der Waals surface area contributed by atoms with Crippen molar-refractivity contribution in [3.63, 3.8) is 0 Å². The molecule has 0 amide bonds. The highest BCUT2D eigenvalue weighted by Gasteiger charge is 2.45. The molecule has 260 valence electrons. The molecule has 2 aliphatic heterocycles. The number of furan rings is 1. The Hall–Kier alpha value is -7.24. The van der Waals surface area contributed by atoms with E-state index in [2.05, 4.69) is 197 Å². The van der Waals surface area contributed by atoms with Crippen molar-refractivity contribution in [2.24, 2.45) is 0 Å². The van der Waals surface area contributed by atoms with Crippen LogP contribution in [0.5, 0.6) is 0 Å². The average Bonchev–Trinajstić information content (AvgIpc) is 3.94. The summed E-state index contributed by atoms with van der Waals surface area (Å²) < 4.78 is 11.8. The van der Waals surface area contributed by atoms with E-state index in [4.69, 9.17) is 4.42 Å². The summed E-state index contributed by atoms with van der Waals surface area (Å²) in [4.78, 5) is 2.57. The normalized spacial score (nSPS) is 13.0. The van der Waals surface area contributed by atoms with Crippen molar-refractivity contribution in [1.29, 1.82) is 0 Å². The molecule has 0 aliphatic carbocycles. The number of rotatable bonds is 3. The molecule has 0 bridgehead atoms. The van der Waals surface area contributed by atoms with Gasteiger partial charge in [0.1, 0.15) is 11.3 Å². The highest BCUT2D eigenvalue weighted by Crippen LogP contribution is 2.48. The summed E-state index contributed by atoms with van der Waals surface area (Å²) in [5.74, 6) is 0.877. The summed E-state index contributed by atoms with van der Waals surface area (Å²) in [5, 5.41) is 6.12. The zero-order chi connectivity index (χ0) is 36.6. The summed E-state index contributed by atoms with van der Waals surface area (Å²) in [7, 11) is 0. The first kappa shape index (κ1) is 30.1. The summed E-state index contributed by atoms with van der Waals surface area (Å²) >= 11 is 0. The van der Waals surface area contributed by atoms with Gasteiger partial charge in [-0.1, -0.05) is 121 Å². The molecule has 5 heteroatoms. The molecule has 0 saturated carbocycles. The molecule has 13 rings (SSSR count). The van der Waals surface area contributed by atoms with Gasteiger partial charge in [-0.25, -0.2) is 0 Å². The average molecular weight is 714 g/mol. The lowest BCUT2D eigenvalue weighted by molar-refractivity contribution is 0.632. The Kier molecular flexibility index (Phi) is 5.88. The maximum Gasteiger partial charge on any atom is 0.333 e. The van der Waals surface area contributed by atoms with Crippen LogP contribution in [0.3, 0.4) is 0 Å². The third-order valence-corrected chi connectivity index (χ3v) is 12.3. The summed E-state index contributed by atoms with van der Waals surface area (Å²) in [5.41, 5.74) is 17.9. The molecule has 4 nitrogen and oxygen atoms in total. The Morgan fingerprint density at radius 2 is 1.14 bits per heavy atom. The standard InChI is InChI=1S/C51H32BN3O/c1-31-23-25-34(26-24-31)55-44-22-12-7-17-37(44)39-29-46(53-41-19-9-5-15-35(41)36-16-6-10-20-42(36)53)49-38-18-8-11-21-43(38)54-45-27-33-28-47(32-13-3-2-4-14-32)56-48(33)30-40(45)52(55)50(39)51(49)54/h2-30H,1H3. The Balaban J connectivity index is 1.24.